The molecule has 0 heterocycles. The van der Waals surface area contributed by atoms with Crippen LogP contribution in [0.5, 0.6) is 0 Å². The zero-order chi connectivity index (χ0) is 12.3. The lowest BCUT2D eigenvalue weighted by Gasteiger charge is -2.20. The van der Waals surface area contributed by atoms with E-state index in [9.17, 15) is 13.6 Å². The summed E-state index contributed by atoms with van der Waals surface area (Å²) in [5.74, 6) is -2.49. The molecule has 1 unspecified atom stereocenters. The van der Waals surface area contributed by atoms with Gasteiger partial charge in [-0.05, 0) is 12.1 Å². The third-order valence-corrected chi connectivity index (χ3v) is 2.40. The van der Waals surface area contributed by atoms with E-state index >= 15 is 0 Å². The van der Waals surface area contributed by atoms with Crippen molar-refractivity contribution in [3.05, 3.63) is 29.8 Å². The Morgan fingerprint density at radius 1 is 1.44 bits per heavy atom. The van der Waals surface area contributed by atoms with Crippen LogP contribution in [-0.4, -0.2) is 19.5 Å². The van der Waals surface area contributed by atoms with E-state index in [1.165, 1.54) is 18.0 Å². The number of halogens is 2. The SMILES string of the molecule is CC(CN)C(=O)N(C)c1ccc(F)c(F)c1. The fourth-order valence-electron chi connectivity index (χ4n) is 1.25. The van der Waals surface area contributed by atoms with Gasteiger partial charge >= 0.3 is 0 Å². The smallest absolute Gasteiger partial charge is 0.230 e. The number of nitrogens with zero attached hydrogens (tertiary/aromatic N) is 1. The molecule has 16 heavy (non-hydrogen) atoms. The van der Waals surface area contributed by atoms with E-state index in [0.717, 1.165) is 12.1 Å². The van der Waals surface area contributed by atoms with Gasteiger partial charge in [0.2, 0.25) is 5.91 Å². The van der Waals surface area contributed by atoms with Crippen molar-refractivity contribution in [3.8, 4) is 0 Å². The quantitative estimate of drug-likeness (QED) is 0.852. The van der Waals surface area contributed by atoms with Crippen molar-refractivity contribution in [1.29, 1.82) is 0 Å². The molecule has 2 N–H and O–H groups in total. The van der Waals surface area contributed by atoms with Crippen LogP contribution in [0.15, 0.2) is 18.2 Å². The maximum atomic E-state index is 12.9. The van der Waals surface area contributed by atoms with E-state index in [0.29, 0.717) is 5.69 Å². The molecule has 1 atom stereocenters. The van der Waals surface area contributed by atoms with Crippen LogP contribution in [0.4, 0.5) is 14.5 Å². The third kappa shape index (κ3) is 2.55. The van der Waals surface area contributed by atoms with Crippen molar-refractivity contribution >= 4 is 11.6 Å². The van der Waals surface area contributed by atoms with E-state index in [1.807, 2.05) is 0 Å². The van der Waals surface area contributed by atoms with Gasteiger partial charge in [-0.25, -0.2) is 8.78 Å². The van der Waals surface area contributed by atoms with Crippen molar-refractivity contribution < 1.29 is 13.6 Å². The van der Waals surface area contributed by atoms with E-state index < -0.39 is 11.6 Å². The van der Waals surface area contributed by atoms with E-state index in [-0.39, 0.29) is 18.4 Å². The molecule has 0 aromatic heterocycles. The molecule has 0 aliphatic heterocycles. The minimum atomic E-state index is -0.974. The predicted octanol–water partition coefficient (Wildman–Crippen LogP) is 1.52. The Kier molecular flexibility index (Phi) is 3.95. The normalized spacial score (nSPS) is 12.3. The van der Waals surface area contributed by atoms with Gasteiger partial charge in [-0.1, -0.05) is 6.92 Å². The molecule has 0 saturated carbocycles. The summed E-state index contributed by atoms with van der Waals surface area (Å²) in [5, 5.41) is 0. The summed E-state index contributed by atoms with van der Waals surface area (Å²) in [6, 6.07) is 3.32. The third-order valence-electron chi connectivity index (χ3n) is 2.40. The van der Waals surface area contributed by atoms with Gasteiger partial charge in [-0.15, -0.1) is 0 Å². The van der Waals surface area contributed by atoms with Crippen LogP contribution in [0.3, 0.4) is 0 Å². The maximum Gasteiger partial charge on any atom is 0.230 e. The summed E-state index contributed by atoms with van der Waals surface area (Å²) < 4.78 is 25.6. The number of benzene rings is 1. The zero-order valence-corrected chi connectivity index (χ0v) is 9.21. The lowest BCUT2D eigenvalue weighted by molar-refractivity contribution is -0.121. The molecule has 0 fully saturated rings. The van der Waals surface area contributed by atoms with Crippen LogP contribution < -0.4 is 10.6 Å². The fourth-order valence-corrected chi connectivity index (χ4v) is 1.25. The minimum Gasteiger partial charge on any atom is -0.330 e. The highest BCUT2D eigenvalue weighted by Gasteiger charge is 2.18. The second-order valence-corrected chi connectivity index (χ2v) is 3.63. The topological polar surface area (TPSA) is 46.3 Å². The number of carbonyl (C=O) groups is 1. The van der Waals surface area contributed by atoms with E-state index in [4.69, 9.17) is 5.73 Å². The highest BCUT2D eigenvalue weighted by Crippen LogP contribution is 2.18. The highest BCUT2D eigenvalue weighted by molar-refractivity contribution is 5.94. The molecule has 0 spiro atoms. The Bertz CT molecular complexity index is 396. The molecule has 5 heteroatoms. The second kappa shape index (κ2) is 5.03. The molecule has 3 nitrogen and oxygen atoms in total. The molecule has 0 aliphatic rings. The summed E-state index contributed by atoms with van der Waals surface area (Å²) in [4.78, 5) is 13.0. The van der Waals surface area contributed by atoms with Gasteiger partial charge in [0.15, 0.2) is 11.6 Å². The van der Waals surface area contributed by atoms with Gasteiger partial charge < -0.3 is 10.6 Å². The van der Waals surface area contributed by atoms with Crippen molar-refractivity contribution in [2.24, 2.45) is 11.7 Å². The largest absolute Gasteiger partial charge is 0.330 e. The standard InChI is InChI=1S/C11H14F2N2O/c1-7(6-14)11(16)15(2)8-3-4-9(12)10(13)5-8/h3-5,7H,6,14H2,1-2H3. The van der Waals surface area contributed by atoms with Crippen molar-refractivity contribution in [3.63, 3.8) is 0 Å². The van der Waals surface area contributed by atoms with Gasteiger partial charge in [-0.2, -0.15) is 0 Å². The van der Waals surface area contributed by atoms with Crippen LogP contribution in [0.25, 0.3) is 0 Å². The first-order valence-corrected chi connectivity index (χ1v) is 4.90. The summed E-state index contributed by atoms with van der Waals surface area (Å²) in [6.07, 6.45) is 0. The number of anilines is 1. The molecule has 0 bridgehead atoms. The van der Waals surface area contributed by atoms with E-state index in [2.05, 4.69) is 0 Å². The number of amides is 1. The molecule has 88 valence electrons. The lowest BCUT2D eigenvalue weighted by atomic mass is 10.1. The Morgan fingerprint density at radius 2 is 2.06 bits per heavy atom. The van der Waals surface area contributed by atoms with Gasteiger partial charge in [0.25, 0.3) is 0 Å². The van der Waals surface area contributed by atoms with Crippen LogP contribution in [0, 0.1) is 17.6 Å². The maximum absolute atomic E-state index is 12.9. The van der Waals surface area contributed by atoms with Crippen LogP contribution >= 0.6 is 0 Å². The second-order valence-electron chi connectivity index (χ2n) is 3.63. The van der Waals surface area contributed by atoms with Gasteiger partial charge in [0.05, 0.1) is 0 Å². The first-order valence-electron chi connectivity index (χ1n) is 4.90. The van der Waals surface area contributed by atoms with Crippen LogP contribution in [0.1, 0.15) is 6.92 Å². The molecule has 1 aromatic rings. The highest BCUT2D eigenvalue weighted by atomic mass is 19.2. The van der Waals surface area contributed by atoms with Crippen molar-refractivity contribution in [2.75, 3.05) is 18.5 Å². The zero-order valence-electron chi connectivity index (χ0n) is 9.21. The van der Waals surface area contributed by atoms with Crippen molar-refractivity contribution in [1.82, 2.24) is 0 Å². The van der Waals surface area contributed by atoms with Crippen molar-refractivity contribution in [2.45, 2.75) is 6.92 Å². The Hall–Kier alpha value is -1.49. The molecule has 0 radical (unpaired) electrons. The molecule has 0 saturated heterocycles. The molecule has 0 aliphatic carbocycles. The van der Waals surface area contributed by atoms with Gasteiger partial charge in [0.1, 0.15) is 0 Å². The number of nitrogens with two attached hydrogens (primary N) is 1. The summed E-state index contributed by atoms with van der Waals surface area (Å²) in [5.41, 5.74) is 5.67. The van der Waals surface area contributed by atoms with Crippen LogP contribution in [-0.2, 0) is 4.79 Å². The molecule has 1 rings (SSSR count). The van der Waals surface area contributed by atoms with Gasteiger partial charge in [-0.3, -0.25) is 4.79 Å². The Morgan fingerprint density at radius 3 is 2.56 bits per heavy atom. The molecule has 1 amide bonds. The molecule has 1 aromatic carbocycles. The summed E-state index contributed by atoms with van der Waals surface area (Å²) in [6.45, 7) is 1.89. The lowest BCUT2D eigenvalue weighted by Crippen LogP contribution is -2.35. The Labute approximate surface area is 92.8 Å². The minimum absolute atomic E-state index is 0.215. The molecular weight excluding hydrogens is 214 g/mol. The Balaban J connectivity index is 2.92. The van der Waals surface area contributed by atoms with Gasteiger partial charge in [0, 0.05) is 31.3 Å². The molecular formula is C11H14F2N2O. The first kappa shape index (κ1) is 12.6. The average molecular weight is 228 g/mol. The fraction of sp³-hybridized carbons (Fsp3) is 0.364. The monoisotopic (exact) mass is 228 g/mol. The predicted molar refractivity (Wildman–Crippen MR) is 58.0 cm³/mol. The average Bonchev–Trinajstić information content (AvgIpc) is 2.29. The van der Waals surface area contributed by atoms with Crippen LogP contribution in [0.2, 0.25) is 0 Å². The number of hydrogen-bond donors (Lipinski definition) is 1. The first-order chi connectivity index (χ1) is 7.47. The number of carbonyl (C=O) groups excluding carboxylic acids is 1. The number of hydrogen-bond acceptors (Lipinski definition) is 2. The summed E-state index contributed by atoms with van der Waals surface area (Å²) >= 11 is 0. The van der Waals surface area contributed by atoms with E-state index in [1.54, 1.807) is 6.92 Å². The summed E-state index contributed by atoms with van der Waals surface area (Å²) in [7, 11) is 1.50. The number of rotatable bonds is 3.